The molecule has 26 heavy (non-hydrogen) atoms. The number of hydrogen-bond donors (Lipinski definition) is 0. The molecule has 4 unspecified atom stereocenters. The number of benzene rings is 1. The van der Waals surface area contributed by atoms with Gasteiger partial charge >= 0.3 is 0 Å². The second-order valence-corrected chi connectivity index (χ2v) is 7.95. The normalized spacial score (nSPS) is 31.5. The van der Waals surface area contributed by atoms with Crippen LogP contribution in [0, 0.1) is 5.92 Å². The molecule has 2 aromatic rings. The first-order chi connectivity index (χ1) is 12.6. The summed E-state index contributed by atoms with van der Waals surface area (Å²) >= 11 is 0. The van der Waals surface area contributed by atoms with E-state index >= 15 is 0 Å². The van der Waals surface area contributed by atoms with Crippen molar-refractivity contribution in [2.45, 2.75) is 56.7 Å². The van der Waals surface area contributed by atoms with E-state index in [2.05, 4.69) is 22.2 Å². The van der Waals surface area contributed by atoms with Gasteiger partial charge in [-0.3, -0.25) is 4.79 Å². The molecule has 0 saturated heterocycles. The number of halogens is 1. The molecule has 0 amide bonds. The third-order valence-corrected chi connectivity index (χ3v) is 6.21. The average Bonchev–Trinajstić information content (AvgIpc) is 3.01. The molecule has 4 nitrogen and oxygen atoms in total. The minimum atomic E-state index is -1.17. The molecule has 1 aromatic heterocycles. The molecule has 1 aromatic carbocycles. The van der Waals surface area contributed by atoms with Gasteiger partial charge in [-0.15, -0.1) is 5.10 Å². The van der Waals surface area contributed by atoms with Crippen molar-refractivity contribution < 1.29 is 9.18 Å². The number of rotatable bonds is 5. The van der Waals surface area contributed by atoms with Crippen LogP contribution >= 0.6 is 0 Å². The van der Waals surface area contributed by atoms with E-state index in [4.69, 9.17) is 0 Å². The summed E-state index contributed by atoms with van der Waals surface area (Å²) < 4.78 is 16.3. The quantitative estimate of drug-likeness (QED) is 0.593. The molecule has 5 heteroatoms. The SMILES string of the molecule is CCC1(F)CC=C(CC(=O)c2nc3n(n2)C(c2ccccc2)C2CC32)C1. The van der Waals surface area contributed by atoms with E-state index in [9.17, 15) is 9.18 Å². The van der Waals surface area contributed by atoms with Crippen molar-refractivity contribution in [2.75, 3.05) is 0 Å². The van der Waals surface area contributed by atoms with Crippen molar-refractivity contribution >= 4 is 5.78 Å². The van der Waals surface area contributed by atoms with Gasteiger partial charge in [-0.25, -0.2) is 14.1 Å². The molecule has 1 fully saturated rings. The first-order valence-electron chi connectivity index (χ1n) is 9.49. The number of carbonyl (C=O) groups excluding carboxylic acids is 1. The third kappa shape index (κ3) is 2.44. The number of alkyl halides is 1. The molecular weight excluding hydrogens is 329 g/mol. The van der Waals surface area contributed by atoms with Gasteiger partial charge in [0.15, 0.2) is 0 Å². The number of Topliss-reactive ketones (excluding diaryl/α,β-unsaturated/α-hetero) is 1. The molecule has 1 aliphatic heterocycles. The maximum Gasteiger partial charge on any atom is 0.217 e. The largest absolute Gasteiger partial charge is 0.290 e. The van der Waals surface area contributed by atoms with E-state index in [1.807, 2.05) is 35.9 Å². The van der Waals surface area contributed by atoms with Crippen LogP contribution in [-0.2, 0) is 0 Å². The number of carbonyl (C=O) groups is 1. The highest BCUT2D eigenvalue weighted by Crippen LogP contribution is 2.60. The van der Waals surface area contributed by atoms with E-state index in [1.54, 1.807) is 0 Å². The van der Waals surface area contributed by atoms with Gasteiger partial charge in [-0.2, -0.15) is 0 Å². The number of fused-ring (bicyclic) bond motifs is 3. The van der Waals surface area contributed by atoms with Crippen molar-refractivity contribution in [2.24, 2.45) is 5.92 Å². The van der Waals surface area contributed by atoms with Gasteiger partial charge in [-0.05, 0) is 30.7 Å². The van der Waals surface area contributed by atoms with Crippen molar-refractivity contribution in [3.05, 3.63) is 59.2 Å². The number of ketones is 1. The minimum Gasteiger partial charge on any atom is -0.290 e. The van der Waals surface area contributed by atoms with Gasteiger partial charge in [-0.1, -0.05) is 48.9 Å². The molecule has 0 bridgehead atoms. The number of nitrogens with zero attached hydrogens (tertiary/aromatic N) is 3. The molecule has 0 spiro atoms. The molecule has 5 rings (SSSR count). The summed E-state index contributed by atoms with van der Waals surface area (Å²) in [4.78, 5) is 17.2. The Bertz CT molecular complexity index is 903. The van der Waals surface area contributed by atoms with Crippen LogP contribution in [0.5, 0.6) is 0 Å². The Morgan fingerprint density at radius 1 is 1.35 bits per heavy atom. The van der Waals surface area contributed by atoms with Crippen molar-refractivity contribution in [3.63, 3.8) is 0 Å². The average molecular weight is 351 g/mol. The molecule has 134 valence electrons. The highest BCUT2D eigenvalue weighted by molar-refractivity contribution is 5.94. The van der Waals surface area contributed by atoms with Gasteiger partial charge in [0, 0.05) is 18.8 Å². The Hall–Kier alpha value is -2.30. The second kappa shape index (κ2) is 5.60. The van der Waals surface area contributed by atoms with Gasteiger partial charge in [0.2, 0.25) is 11.6 Å². The Balaban J connectivity index is 1.37. The molecule has 4 atom stereocenters. The van der Waals surface area contributed by atoms with Crippen LogP contribution < -0.4 is 0 Å². The molecule has 2 heterocycles. The zero-order valence-corrected chi connectivity index (χ0v) is 14.9. The maximum atomic E-state index is 14.4. The highest BCUT2D eigenvalue weighted by Gasteiger charge is 2.55. The monoisotopic (exact) mass is 351 g/mol. The summed E-state index contributed by atoms with van der Waals surface area (Å²) in [6, 6.07) is 10.5. The predicted molar refractivity (Wildman–Crippen MR) is 95.8 cm³/mol. The summed E-state index contributed by atoms with van der Waals surface area (Å²) in [5.41, 5.74) is 0.947. The fraction of sp³-hybridized carbons (Fsp3) is 0.476. The first kappa shape index (κ1) is 15.9. The lowest BCUT2D eigenvalue weighted by Gasteiger charge is -2.16. The van der Waals surface area contributed by atoms with Gasteiger partial charge < -0.3 is 0 Å². The zero-order chi connectivity index (χ0) is 17.9. The first-order valence-corrected chi connectivity index (χ1v) is 9.49. The van der Waals surface area contributed by atoms with Crippen LogP contribution in [0.3, 0.4) is 0 Å². The predicted octanol–water partition coefficient (Wildman–Crippen LogP) is 4.40. The smallest absolute Gasteiger partial charge is 0.217 e. The topological polar surface area (TPSA) is 47.8 Å². The molecule has 0 radical (unpaired) electrons. The Morgan fingerprint density at radius 2 is 2.15 bits per heavy atom. The van der Waals surface area contributed by atoms with E-state index in [0.29, 0.717) is 36.9 Å². The van der Waals surface area contributed by atoms with Gasteiger partial charge in [0.05, 0.1) is 6.04 Å². The summed E-state index contributed by atoms with van der Waals surface area (Å²) in [6.07, 6.45) is 4.51. The van der Waals surface area contributed by atoms with Gasteiger partial charge in [0.25, 0.3) is 0 Å². The summed E-state index contributed by atoms with van der Waals surface area (Å²) in [7, 11) is 0. The standard InChI is InChI=1S/C21H22FN3O/c1-2-21(22)9-8-13(12-21)10-17(26)19-23-20-16-11-15(16)18(25(20)24-19)14-6-4-3-5-7-14/h3-8,15-16,18H,2,9-12H2,1H3. The van der Waals surface area contributed by atoms with E-state index in [1.165, 1.54) is 5.56 Å². The van der Waals surface area contributed by atoms with Crippen molar-refractivity contribution in [1.29, 1.82) is 0 Å². The maximum absolute atomic E-state index is 14.4. The summed E-state index contributed by atoms with van der Waals surface area (Å²) in [5.74, 6) is 2.13. The van der Waals surface area contributed by atoms with Crippen LogP contribution in [0.25, 0.3) is 0 Å². The Kier molecular flexibility index (Phi) is 3.43. The van der Waals surface area contributed by atoms with Crippen LogP contribution in [-0.4, -0.2) is 26.2 Å². The number of allylic oxidation sites excluding steroid dienone is 2. The van der Waals surface area contributed by atoms with Gasteiger partial charge in [0.1, 0.15) is 11.5 Å². The van der Waals surface area contributed by atoms with Crippen LogP contribution in [0.4, 0.5) is 4.39 Å². The lowest BCUT2D eigenvalue weighted by molar-refractivity contribution is 0.0979. The van der Waals surface area contributed by atoms with E-state index in [-0.39, 0.29) is 18.2 Å². The highest BCUT2D eigenvalue weighted by atomic mass is 19.1. The number of aromatic nitrogens is 3. The fourth-order valence-corrected chi connectivity index (χ4v) is 4.56. The number of hydrogen-bond acceptors (Lipinski definition) is 3. The van der Waals surface area contributed by atoms with Crippen LogP contribution in [0.1, 0.15) is 73.0 Å². The fourth-order valence-electron chi connectivity index (χ4n) is 4.56. The molecule has 3 aliphatic rings. The lowest BCUT2D eigenvalue weighted by atomic mass is 9.97. The molecule has 1 saturated carbocycles. The van der Waals surface area contributed by atoms with Crippen molar-refractivity contribution in [3.8, 4) is 0 Å². The minimum absolute atomic E-state index is 0.0949. The molecular formula is C21H22FN3O. The molecule has 2 aliphatic carbocycles. The second-order valence-electron chi connectivity index (χ2n) is 7.95. The van der Waals surface area contributed by atoms with Crippen molar-refractivity contribution in [1.82, 2.24) is 14.8 Å². The Labute approximate surface area is 152 Å². The molecule has 0 N–H and O–H groups in total. The van der Waals surface area contributed by atoms with E-state index in [0.717, 1.165) is 17.8 Å². The summed E-state index contributed by atoms with van der Waals surface area (Å²) in [5, 5.41) is 4.56. The van der Waals surface area contributed by atoms with Crippen LogP contribution in [0.2, 0.25) is 0 Å². The van der Waals surface area contributed by atoms with Crippen LogP contribution in [0.15, 0.2) is 42.0 Å². The van der Waals surface area contributed by atoms with E-state index < -0.39 is 5.67 Å². The Morgan fingerprint density at radius 3 is 2.88 bits per heavy atom. The zero-order valence-electron chi connectivity index (χ0n) is 14.9. The third-order valence-electron chi connectivity index (χ3n) is 6.21. The lowest BCUT2D eigenvalue weighted by Crippen LogP contribution is -2.17. The summed E-state index contributed by atoms with van der Waals surface area (Å²) in [6.45, 7) is 1.86.